The van der Waals surface area contributed by atoms with Gasteiger partial charge in [-0.3, -0.25) is 4.79 Å². The molecule has 0 saturated carbocycles. The highest BCUT2D eigenvalue weighted by molar-refractivity contribution is 8.55. The van der Waals surface area contributed by atoms with Crippen LogP contribution in [-0.2, 0) is 13.9 Å². The van der Waals surface area contributed by atoms with E-state index in [1.165, 1.54) is 0 Å². The second-order valence-corrected chi connectivity index (χ2v) is 5.33. The normalized spacial score (nSPS) is 16.2. The zero-order chi connectivity index (χ0) is 8.20. The maximum Gasteiger partial charge on any atom is 0.386 e. The van der Waals surface area contributed by atoms with Gasteiger partial charge in [0, 0.05) is 7.11 Å². The van der Waals surface area contributed by atoms with E-state index >= 15 is 0 Å². The molecule has 0 heterocycles. The van der Waals surface area contributed by atoms with Crippen LogP contribution in [0.25, 0.3) is 0 Å². The fraction of sp³-hybridized carbons (Fsp3) is 0.667. The maximum absolute atomic E-state index is 10.5. The van der Waals surface area contributed by atoms with Crippen molar-refractivity contribution >= 4 is 24.1 Å². The second-order valence-electron chi connectivity index (χ2n) is 1.32. The van der Waals surface area contributed by atoms with Crippen molar-refractivity contribution in [1.29, 1.82) is 0 Å². The summed E-state index contributed by atoms with van der Waals surface area (Å²) in [4.78, 5) is 18.5. The molecule has 1 unspecified atom stereocenters. The molecule has 0 aromatic heterocycles. The number of aliphatic carboxylic acids is 1. The Labute approximate surface area is 61.7 Å². The molecule has 0 aliphatic heterocycles. The Balaban J connectivity index is 3.68. The first kappa shape index (κ1) is 9.97. The number of carboxylic acid groups (broad SMARTS) is 1. The molecule has 0 amide bonds. The minimum absolute atomic E-state index is 0.376. The van der Waals surface area contributed by atoms with Gasteiger partial charge in [-0.2, -0.15) is 0 Å². The Morgan fingerprint density at radius 3 is 2.60 bits per heavy atom. The molecule has 0 saturated heterocycles. The van der Waals surface area contributed by atoms with E-state index in [4.69, 9.17) is 10.00 Å². The van der Waals surface area contributed by atoms with Crippen LogP contribution in [0.5, 0.6) is 0 Å². The molecule has 0 radical (unpaired) electrons. The van der Waals surface area contributed by atoms with Crippen LogP contribution in [0.15, 0.2) is 0 Å². The zero-order valence-electron chi connectivity index (χ0n) is 5.18. The summed E-state index contributed by atoms with van der Waals surface area (Å²) in [6, 6.07) is 0. The third kappa shape index (κ3) is 4.81. The standard InChI is InChI=1S/C3H7O5PS/c1-8-9(6,7)10-2-3(4)5/h2H2,1H3,(H,4,5)(H,6,7). The minimum Gasteiger partial charge on any atom is -0.481 e. The van der Waals surface area contributed by atoms with E-state index < -0.39 is 18.5 Å². The summed E-state index contributed by atoms with van der Waals surface area (Å²) in [5, 5.41) is 8.06. The average molecular weight is 186 g/mol. The van der Waals surface area contributed by atoms with Gasteiger partial charge in [-0.1, -0.05) is 0 Å². The third-order valence-corrected chi connectivity index (χ3v) is 3.56. The van der Waals surface area contributed by atoms with Gasteiger partial charge in [0.15, 0.2) is 0 Å². The van der Waals surface area contributed by atoms with Crippen molar-refractivity contribution < 1.29 is 23.9 Å². The van der Waals surface area contributed by atoms with Crippen LogP contribution < -0.4 is 0 Å². The first-order valence-electron chi connectivity index (χ1n) is 2.23. The van der Waals surface area contributed by atoms with Gasteiger partial charge in [-0.25, -0.2) is 4.57 Å². The predicted octanol–water partition coefficient (Wildman–Crippen LogP) is 0.551. The van der Waals surface area contributed by atoms with Gasteiger partial charge >= 0.3 is 12.8 Å². The minimum atomic E-state index is -3.69. The molecule has 2 N–H and O–H groups in total. The van der Waals surface area contributed by atoms with E-state index in [9.17, 15) is 9.36 Å². The number of rotatable bonds is 4. The molecule has 1 atom stereocenters. The highest BCUT2D eigenvalue weighted by Gasteiger charge is 2.19. The van der Waals surface area contributed by atoms with E-state index in [-0.39, 0.29) is 0 Å². The van der Waals surface area contributed by atoms with Crippen molar-refractivity contribution in [2.24, 2.45) is 0 Å². The van der Waals surface area contributed by atoms with Gasteiger partial charge in [0.25, 0.3) is 0 Å². The highest BCUT2D eigenvalue weighted by atomic mass is 32.7. The molecule has 5 nitrogen and oxygen atoms in total. The summed E-state index contributed by atoms with van der Waals surface area (Å²) < 4.78 is 14.6. The fourth-order valence-electron chi connectivity index (χ4n) is 0.189. The fourth-order valence-corrected chi connectivity index (χ4v) is 1.71. The van der Waals surface area contributed by atoms with Gasteiger partial charge < -0.3 is 14.5 Å². The molecule has 0 aromatic rings. The number of carboxylic acids is 1. The Bertz CT molecular complexity index is 168. The van der Waals surface area contributed by atoms with Crippen LogP contribution in [0.1, 0.15) is 0 Å². The topological polar surface area (TPSA) is 83.8 Å². The van der Waals surface area contributed by atoms with Crippen molar-refractivity contribution in [3.05, 3.63) is 0 Å². The van der Waals surface area contributed by atoms with Gasteiger partial charge in [-0.05, 0) is 11.4 Å². The third-order valence-electron chi connectivity index (χ3n) is 0.582. The molecule has 0 aliphatic carbocycles. The summed E-state index contributed by atoms with van der Waals surface area (Å²) in [6.45, 7) is -3.69. The van der Waals surface area contributed by atoms with Gasteiger partial charge in [0.2, 0.25) is 0 Å². The molecule has 0 spiro atoms. The van der Waals surface area contributed by atoms with Crippen molar-refractivity contribution in [3.8, 4) is 0 Å². The lowest BCUT2D eigenvalue weighted by molar-refractivity contribution is -0.133. The molecule has 0 fully saturated rings. The molecular formula is C3H7O5PS. The van der Waals surface area contributed by atoms with Crippen molar-refractivity contribution in [3.63, 3.8) is 0 Å². The Morgan fingerprint density at radius 2 is 2.30 bits per heavy atom. The first-order chi connectivity index (χ1) is 4.48. The second kappa shape index (κ2) is 3.98. The smallest absolute Gasteiger partial charge is 0.386 e. The molecule has 0 aliphatic rings. The lowest BCUT2D eigenvalue weighted by Crippen LogP contribution is -1.97. The van der Waals surface area contributed by atoms with Crippen LogP contribution in [0.3, 0.4) is 0 Å². The van der Waals surface area contributed by atoms with Crippen LogP contribution in [-0.4, -0.2) is 28.8 Å². The van der Waals surface area contributed by atoms with Crippen LogP contribution in [0, 0.1) is 0 Å². The average Bonchev–Trinajstić information content (AvgIpc) is 1.85. The predicted molar refractivity (Wildman–Crippen MR) is 36.9 cm³/mol. The molecular weight excluding hydrogens is 179 g/mol. The summed E-state index contributed by atoms with van der Waals surface area (Å²) in [6.07, 6.45) is 0. The lowest BCUT2D eigenvalue weighted by Gasteiger charge is -2.03. The van der Waals surface area contributed by atoms with Crippen molar-refractivity contribution in [1.82, 2.24) is 0 Å². The zero-order valence-corrected chi connectivity index (χ0v) is 6.89. The molecule has 10 heavy (non-hydrogen) atoms. The van der Waals surface area contributed by atoms with Gasteiger partial charge in [0.1, 0.15) is 5.75 Å². The van der Waals surface area contributed by atoms with Crippen LogP contribution in [0.4, 0.5) is 0 Å². The summed E-state index contributed by atoms with van der Waals surface area (Å²) in [5.74, 6) is -1.57. The van der Waals surface area contributed by atoms with E-state index in [2.05, 4.69) is 4.52 Å². The summed E-state index contributed by atoms with van der Waals surface area (Å²) >= 11 is 0.376. The van der Waals surface area contributed by atoms with E-state index in [1.807, 2.05) is 0 Å². The number of hydrogen-bond donors (Lipinski definition) is 2. The van der Waals surface area contributed by atoms with E-state index in [0.717, 1.165) is 7.11 Å². The number of carbonyl (C=O) groups is 1. The van der Waals surface area contributed by atoms with E-state index in [1.54, 1.807) is 0 Å². The van der Waals surface area contributed by atoms with Crippen LogP contribution in [0.2, 0.25) is 0 Å². The molecule has 0 bridgehead atoms. The summed E-state index contributed by atoms with van der Waals surface area (Å²) in [7, 11) is 1.05. The Hall–Kier alpha value is -0.0300. The SMILES string of the molecule is COP(=O)(O)SCC(=O)O. The van der Waals surface area contributed by atoms with Gasteiger partial charge in [0.05, 0.1) is 0 Å². The number of hydrogen-bond acceptors (Lipinski definition) is 4. The molecule has 7 heteroatoms. The first-order valence-corrected chi connectivity index (χ1v) is 5.39. The van der Waals surface area contributed by atoms with E-state index in [0.29, 0.717) is 11.4 Å². The largest absolute Gasteiger partial charge is 0.481 e. The Morgan fingerprint density at radius 1 is 1.80 bits per heavy atom. The van der Waals surface area contributed by atoms with Crippen LogP contribution >= 0.6 is 18.2 Å². The van der Waals surface area contributed by atoms with Gasteiger partial charge in [-0.15, -0.1) is 0 Å². The maximum atomic E-state index is 10.5. The Kier molecular flexibility index (Phi) is 3.96. The molecule has 0 rings (SSSR count). The van der Waals surface area contributed by atoms with Crippen molar-refractivity contribution in [2.75, 3.05) is 12.9 Å². The quantitative estimate of drug-likeness (QED) is 0.624. The molecule has 60 valence electrons. The highest BCUT2D eigenvalue weighted by Crippen LogP contribution is 2.54. The monoisotopic (exact) mass is 186 g/mol. The lowest BCUT2D eigenvalue weighted by atomic mass is 10.8. The summed E-state index contributed by atoms with van der Waals surface area (Å²) in [5.41, 5.74) is 0. The van der Waals surface area contributed by atoms with Crippen molar-refractivity contribution in [2.45, 2.75) is 0 Å². The molecule has 0 aromatic carbocycles.